The Morgan fingerprint density at radius 2 is 2.11 bits per heavy atom. The molecule has 0 saturated heterocycles. The van der Waals surface area contributed by atoms with E-state index in [1.54, 1.807) is 6.07 Å². The van der Waals surface area contributed by atoms with Crippen LogP contribution in [0.3, 0.4) is 0 Å². The molecule has 0 aromatic heterocycles. The van der Waals surface area contributed by atoms with Gasteiger partial charge in [0.15, 0.2) is 6.10 Å². The van der Waals surface area contributed by atoms with Crippen molar-refractivity contribution in [3.05, 3.63) is 33.8 Å². The molecule has 7 heteroatoms. The van der Waals surface area contributed by atoms with Gasteiger partial charge in [-0.2, -0.15) is 0 Å². The average molecular weight is 292 g/mol. The predicted molar refractivity (Wildman–Crippen MR) is 66.8 cm³/mol. The molecule has 1 amide bonds. The minimum absolute atomic E-state index is 0.168. The van der Waals surface area contributed by atoms with E-state index >= 15 is 0 Å². The average Bonchev–Trinajstić information content (AvgIpc) is 2.37. The van der Waals surface area contributed by atoms with E-state index in [-0.39, 0.29) is 17.1 Å². The second kappa shape index (κ2) is 6.58. The molecule has 1 rings (SSSR count). The van der Waals surface area contributed by atoms with E-state index in [9.17, 15) is 14.7 Å². The zero-order valence-electron chi connectivity index (χ0n) is 9.44. The van der Waals surface area contributed by atoms with Crippen LogP contribution in [0.15, 0.2) is 18.2 Å². The number of halogens is 2. The minimum Gasteiger partial charge on any atom is -0.467 e. The number of rotatable bonds is 4. The van der Waals surface area contributed by atoms with Crippen LogP contribution >= 0.6 is 23.2 Å². The maximum atomic E-state index is 11.7. The Hall–Kier alpha value is -1.30. The highest BCUT2D eigenvalue weighted by molar-refractivity contribution is 6.35. The molecule has 1 aromatic rings. The van der Waals surface area contributed by atoms with Gasteiger partial charge in [-0.1, -0.05) is 23.2 Å². The number of benzene rings is 1. The summed E-state index contributed by atoms with van der Waals surface area (Å²) < 4.78 is 4.31. The van der Waals surface area contributed by atoms with E-state index in [0.29, 0.717) is 5.02 Å². The molecule has 98 valence electrons. The molecule has 1 atom stereocenters. The Labute approximate surface area is 114 Å². The fraction of sp³-hybridized carbons (Fsp3) is 0.273. The Kier molecular flexibility index (Phi) is 5.40. The van der Waals surface area contributed by atoms with E-state index in [1.165, 1.54) is 12.1 Å². The van der Waals surface area contributed by atoms with Crippen molar-refractivity contribution in [1.82, 2.24) is 5.32 Å². The molecule has 0 aliphatic heterocycles. The normalized spacial score (nSPS) is 11.8. The quantitative estimate of drug-likeness (QED) is 0.819. The van der Waals surface area contributed by atoms with Crippen molar-refractivity contribution in [3.63, 3.8) is 0 Å². The van der Waals surface area contributed by atoms with Crippen molar-refractivity contribution in [2.75, 3.05) is 13.7 Å². The molecule has 0 bridgehead atoms. The molecular weight excluding hydrogens is 281 g/mol. The highest BCUT2D eigenvalue weighted by atomic mass is 35.5. The Morgan fingerprint density at radius 3 is 2.72 bits per heavy atom. The van der Waals surface area contributed by atoms with E-state index in [4.69, 9.17) is 23.2 Å². The van der Waals surface area contributed by atoms with Crippen LogP contribution in [0.4, 0.5) is 0 Å². The van der Waals surface area contributed by atoms with E-state index < -0.39 is 18.0 Å². The first kappa shape index (κ1) is 14.8. The van der Waals surface area contributed by atoms with Crippen LogP contribution in [0.25, 0.3) is 0 Å². The Balaban J connectivity index is 2.66. The van der Waals surface area contributed by atoms with Gasteiger partial charge in [0.1, 0.15) is 0 Å². The van der Waals surface area contributed by atoms with Crippen molar-refractivity contribution in [3.8, 4) is 0 Å². The van der Waals surface area contributed by atoms with Gasteiger partial charge in [0.05, 0.1) is 24.2 Å². The van der Waals surface area contributed by atoms with E-state index in [1.807, 2.05) is 0 Å². The predicted octanol–water partition coefficient (Wildman–Crippen LogP) is 1.26. The zero-order valence-corrected chi connectivity index (χ0v) is 11.0. The molecule has 0 aliphatic rings. The van der Waals surface area contributed by atoms with Gasteiger partial charge in [0.2, 0.25) is 0 Å². The van der Waals surface area contributed by atoms with Crippen LogP contribution in [-0.2, 0) is 9.53 Å². The molecule has 0 heterocycles. The van der Waals surface area contributed by atoms with Crippen molar-refractivity contribution in [1.29, 1.82) is 0 Å². The summed E-state index contributed by atoms with van der Waals surface area (Å²) >= 11 is 11.6. The van der Waals surface area contributed by atoms with Gasteiger partial charge in [-0.3, -0.25) is 4.79 Å². The molecule has 0 fully saturated rings. The van der Waals surface area contributed by atoms with E-state index in [0.717, 1.165) is 7.11 Å². The van der Waals surface area contributed by atoms with Crippen LogP contribution < -0.4 is 5.32 Å². The third-order valence-electron chi connectivity index (χ3n) is 2.10. The molecule has 2 N–H and O–H groups in total. The molecule has 0 spiro atoms. The second-order valence-corrected chi connectivity index (χ2v) is 4.22. The Bertz CT molecular complexity index is 464. The molecule has 0 radical (unpaired) electrons. The van der Waals surface area contributed by atoms with Gasteiger partial charge >= 0.3 is 5.97 Å². The van der Waals surface area contributed by atoms with Gasteiger partial charge in [-0.05, 0) is 18.2 Å². The van der Waals surface area contributed by atoms with Gasteiger partial charge < -0.3 is 15.2 Å². The maximum absolute atomic E-state index is 11.7. The summed E-state index contributed by atoms with van der Waals surface area (Å²) in [5.74, 6) is -1.36. The van der Waals surface area contributed by atoms with Crippen LogP contribution in [0, 0.1) is 0 Å². The number of carbonyl (C=O) groups excluding carboxylic acids is 2. The lowest BCUT2D eigenvalue weighted by molar-refractivity contribution is -0.149. The Morgan fingerprint density at radius 1 is 1.44 bits per heavy atom. The van der Waals surface area contributed by atoms with Gasteiger partial charge in [0, 0.05) is 5.02 Å². The third-order valence-corrected chi connectivity index (χ3v) is 2.67. The summed E-state index contributed by atoms with van der Waals surface area (Å²) in [5.41, 5.74) is 0.168. The van der Waals surface area contributed by atoms with Crippen LogP contribution in [0.5, 0.6) is 0 Å². The number of methoxy groups -OCH3 is 1. The van der Waals surface area contributed by atoms with Gasteiger partial charge in [-0.25, -0.2) is 4.79 Å². The highest BCUT2D eigenvalue weighted by Crippen LogP contribution is 2.20. The lowest BCUT2D eigenvalue weighted by atomic mass is 10.2. The number of hydrogen-bond acceptors (Lipinski definition) is 4. The third kappa shape index (κ3) is 3.87. The topological polar surface area (TPSA) is 75.6 Å². The summed E-state index contributed by atoms with van der Waals surface area (Å²) in [6.07, 6.45) is -1.42. The van der Waals surface area contributed by atoms with Crippen molar-refractivity contribution in [2.45, 2.75) is 6.10 Å². The second-order valence-electron chi connectivity index (χ2n) is 3.37. The van der Waals surface area contributed by atoms with E-state index in [2.05, 4.69) is 10.1 Å². The number of carbonyl (C=O) groups is 2. The number of amides is 1. The minimum atomic E-state index is -1.42. The fourth-order valence-corrected chi connectivity index (χ4v) is 1.55. The SMILES string of the molecule is COC(=O)C(O)CNC(=O)c1cc(Cl)ccc1Cl. The molecule has 0 aliphatic carbocycles. The van der Waals surface area contributed by atoms with Gasteiger partial charge in [0.25, 0.3) is 5.91 Å². The largest absolute Gasteiger partial charge is 0.467 e. The number of ether oxygens (including phenoxy) is 1. The first-order valence-corrected chi connectivity index (χ1v) is 5.70. The molecule has 1 unspecified atom stereocenters. The molecule has 0 saturated carbocycles. The maximum Gasteiger partial charge on any atom is 0.336 e. The lowest BCUT2D eigenvalue weighted by Crippen LogP contribution is -2.37. The number of aliphatic hydroxyl groups excluding tert-OH is 1. The molecular formula is C11H11Cl2NO4. The smallest absolute Gasteiger partial charge is 0.336 e. The molecule has 1 aromatic carbocycles. The van der Waals surface area contributed by atoms with Crippen molar-refractivity contribution < 1.29 is 19.4 Å². The zero-order chi connectivity index (χ0) is 13.7. The summed E-state index contributed by atoms with van der Waals surface area (Å²) in [7, 11) is 1.14. The first-order valence-electron chi connectivity index (χ1n) is 4.95. The molecule has 5 nitrogen and oxygen atoms in total. The van der Waals surface area contributed by atoms with Crippen LogP contribution in [-0.4, -0.2) is 36.7 Å². The number of hydrogen-bond donors (Lipinski definition) is 2. The lowest BCUT2D eigenvalue weighted by Gasteiger charge is -2.10. The van der Waals surface area contributed by atoms with Crippen molar-refractivity contribution in [2.24, 2.45) is 0 Å². The molecule has 18 heavy (non-hydrogen) atoms. The van der Waals surface area contributed by atoms with Crippen molar-refractivity contribution >= 4 is 35.1 Å². The number of esters is 1. The van der Waals surface area contributed by atoms with Crippen LogP contribution in [0.1, 0.15) is 10.4 Å². The number of aliphatic hydroxyl groups is 1. The standard InChI is InChI=1S/C11H11Cl2NO4/c1-18-11(17)9(15)5-14-10(16)7-4-6(12)2-3-8(7)13/h2-4,9,15H,5H2,1H3,(H,14,16). The number of nitrogens with one attached hydrogen (secondary N) is 1. The monoisotopic (exact) mass is 291 g/mol. The summed E-state index contributed by atoms with van der Waals surface area (Å²) in [6.45, 7) is -0.269. The summed E-state index contributed by atoms with van der Waals surface area (Å²) in [4.78, 5) is 22.6. The fourth-order valence-electron chi connectivity index (χ4n) is 1.18. The highest BCUT2D eigenvalue weighted by Gasteiger charge is 2.17. The summed E-state index contributed by atoms with van der Waals surface area (Å²) in [6, 6.07) is 4.42. The summed E-state index contributed by atoms with van der Waals surface area (Å²) in [5, 5.41) is 12.2. The van der Waals surface area contributed by atoms with Crippen LogP contribution in [0.2, 0.25) is 10.0 Å². The van der Waals surface area contributed by atoms with Gasteiger partial charge in [-0.15, -0.1) is 0 Å². The first-order chi connectivity index (χ1) is 8.45.